The van der Waals surface area contributed by atoms with Crippen LogP contribution in [0.1, 0.15) is 23.7 Å². The monoisotopic (exact) mass is 314 g/mol. The summed E-state index contributed by atoms with van der Waals surface area (Å²) >= 11 is 0. The predicted octanol–water partition coefficient (Wildman–Crippen LogP) is 1.85. The summed E-state index contributed by atoms with van der Waals surface area (Å²) in [4.78, 5) is 12.4. The molecule has 0 bridgehead atoms. The van der Waals surface area contributed by atoms with E-state index in [0.717, 1.165) is 19.5 Å². The Morgan fingerprint density at radius 3 is 2.71 bits per heavy atom. The van der Waals surface area contributed by atoms with Gasteiger partial charge in [-0.2, -0.15) is 0 Å². The minimum Gasteiger partial charge on any atom is -0.497 e. The molecular weight excluding hydrogens is 292 g/mol. The number of carbonyl (C=O) groups excluding carboxylic acids is 1. The minimum absolute atomic E-state index is 0. The molecule has 1 heterocycles. The van der Waals surface area contributed by atoms with Crippen molar-refractivity contribution in [2.75, 3.05) is 27.3 Å². The Morgan fingerprint density at radius 1 is 1.33 bits per heavy atom. The molecule has 1 amide bonds. The van der Waals surface area contributed by atoms with Crippen molar-refractivity contribution in [3.05, 3.63) is 23.8 Å². The summed E-state index contributed by atoms with van der Waals surface area (Å²) in [5.41, 5.74) is 0.541. The van der Waals surface area contributed by atoms with Gasteiger partial charge in [-0.15, -0.1) is 12.4 Å². The number of carbonyl (C=O) groups is 1. The summed E-state index contributed by atoms with van der Waals surface area (Å²) in [6.07, 6.45) is 0.950. The summed E-state index contributed by atoms with van der Waals surface area (Å²) in [7, 11) is 3.14. The van der Waals surface area contributed by atoms with Gasteiger partial charge in [-0.3, -0.25) is 4.79 Å². The smallest absolute Gasteiger partial charge is 0.255 e. The Bertz CT molecular complexity index is 482. The molecule has 1 aliphatic heterocycles. The molecular formula is C15H23ClN2O3. The number of nitrogens with one attached hydrogen (secondary N) is 2. The first kappa shape index (κ1) is 17.6. The average molecular weight is 315 g/mol. The van der Waals surface area contributed by atoms with Crippen LogP contribution in [0.15, 0.2) is 18.2 Å². The van der Waals surface area contributed by atoms with E-state index in [0.29, 0.717) is 23.0 Å². The van der Waals surface area contributed by atoms with Crippen LogP contribution in [0.5, 0.6) is 11.5 Å². The van der Waals surface area contributed by atoms with Crippen molar-refractivity contribution >= 4 is 18.3 Å². The molecule has 2 atom stereocenters. The highest BCUT2D eigenvalue weighted by molar-refractivity contribution is 5.97. The summed E-state index contributed by atoms with van der Waals surface area (Å²) in [5, 5.41) is 6.42. The SMILES string of the molecule is COc1ccc(C(=O)NC2CCNCC2C)c(OC)c1.Cl. The van der Waals surface area contributed by atoms with Gasteiger partial charge in [0, 0.05) is 12.1 Å². The van der Waals surface area contributed by atoms with Crippen LogP contribution in [0.2, 0.25) is 0 Å². The molecule has 1 aromatic rings. The quantitative estimate of drug-likeness (QED) is 0.890. The van der Waals surface area contributed by atoms with Gasteiger partial charge in [0.15, 0.2) is 0 Å². The largest absolute Gasteiger partial charge is 0.497 e. The third kappa shape index (κ3) is 4.25. The van der Waals surface area contributed by atoms with Crippen LogP contribution in [-0.4, -0.2) is 39.3 Å². The lowest BCUT2D eigenvalue weighted by Crippen LogP contribution is -2.48. The molecule has 5 nitrogen and oxygen atoms in total. The second-order valence-electron chi connectivity index (χ2n) is 5.12. The van der Waals surface area contributed by atoms with E-state index in [-0.39, 0.29) is 24.4 Å². The third-order valence-electron chi connectivity index (χ3n) is 3.76. The van der Waals surface area contributed by atoms with Crippen molar-refractivity contribution in [3.8, 4) is 11.5 Å². The Balaban J connectivity index is 0.00000220. The van der Waals surface area contributed by atoms with Gasteiger partial charge in [0.05, 0.1) is 19.8 Å². The molecule has 118 valence electrons. The van der Waals surface area contributed by atoms with Crippen molar-refractivity contribution in [2.24, 2.45) is 5.92 Å². The first-order valence-electron chi connectivity index (χ1n) is 6.89. The molecule has 0 aliphatic carbocycles. The molecule has 0 aromatic heterocycles. The predicted molar refractivity (Wildman–Crippen MR) is 84.7 cm³/mol. The lowest BCUT2D eigenvalue weighted by atomic mass is 9.95. The van der Waals surface area contributed by atoms with Gasteiger partial charge in [-0.25, -0.2) is 0 Å². The fourth-order valence-corrected chi connectivity index (χ4v) is 2.46. The van der Waals surface area contributed by atoms with E-state index in [1.165, 1.54) is 0 Å². The van der Waals surface area contributed by atoms with Crippen molar-refractivity contribution in [3.63, 3.8) is 0 Å². The molecule has 0 spiro atoms. The van der Waals surface area contributed by atoms with Crippen LogP contribution in [0.4, 0.5) is 0 Å². The number of rotatable bonds is 4. The summed E-state index contributed by atoms with van der Waals surface area (Å²) in [6, 6.07) is 5.43. The Kier molecular flexibility index (Phi) is 6.78. The molecule has 0 saturated carbocycles. The Morgan fingerprint density at radius 2 is 2.10 bits per heavy atom. The van der Waals surface area contributed by atoms with E-state index in [4.69, 9.17) is 9.47 Å². The van der Waals surface area contributed by atoms with Crippen LogP contribution in [0, 0.1) is 5.92 Å². The van der Waals surface area contributed by atoms with Crippen LogP contribution in [0.25, 0.3) is 0 Å². The van der Waals surface area contributed by atoms with Gasteiger partial charge in [-0.1, -0.05) is 6.92 Å². The maximum atomic E-state index is 12.4. The lowest BCUT2D eigenvalue weighted by molar-refractivity contribution is 0.0911. The standard InChI is InChI=1S/C15H22N2O3.ClH/c1-10-9-16-7-6-13(10)17-15(18)12-5-4-11(19-2)8-14(12)20-3;/h4-5,8,10,13,16H,6-7,9H2,1-3H3,(H,17,18);1H. The number of methoxy groups -OCH3 is 2. The number of hydrogen-bond acceptors (Lipinski definition) is 4. The highest BCUT2D eigenvalue weighted by Gasteiger charge is 2.24. The molecule has 0 radical (unpaired) electrons. The zero-order valence-corrected chi connectivity index (χ0v) is 13.5. The summed E-state index contributed by atoms with van der Waals surface area (Å²) in [6.45, 7) is 4.02. The third-order valence-corrected chi connectivity index (χ3v) is 3.76. The molecule has 1 saturated heterocycles. The fraction of sp³-hybridized carbons (Fsp3) is 0.533. The van der Waals surface area contributed by atoms with Crippen molar-refractivity contribution < 1.29 is 14.3 Å². The van der Waals surface area contributed by atoms with Crippen LogP contribution in [-0.2, 0) is 0 Å². The van der Waals surface area contributed by atoms with Gasteiger partial charge in [-0.05, 0) is 37.6 Å². The maximum absolute atomic E-state index is 12.4. The summed E-state index contributed by atoms with van der Waals surface area (Å²) < 4.78 is 10.4. The Hall–Kier alpha value is -1.46. The topological polar surface area (TPSA) is 59.6 Å². The second-order valence-corrected chi connectivity index (χ2v) is 5.12. The number of hydrogen-bond donors (Lipinski definition) is 2. The van der Waals surface area contributed by atoms with Crippen LogP contribution < -0.4 is 20.1 Å². The van der Waals surface area contributed by atoms with Crippen molar-refractivity contribution in [1.82, 2.24) is 10.6 Å². The summed E-state index contributed by atoms with van der Waals surface area (Å²) in [5.74, 6) is 1.54. The van der Waals surface area contributed by atoms with Gasteiger partial charge >= 0.3 is 0 Å². The first-order chi connectivity index (χ1) is 9.65. The fourth-order valence-electron chi connectivity index (χ4n) is 2.46. The van der Waals surface area contributed by atoms with E-state index in [9.17, 15) is 4.79 Å². The number of ether oxygens (including phenoxy) is 2. The number of halogens is 1. The molecule has 1 aliphatic rings. The van der Waals surface area contributed by atoms with Crippen LogP contribution in [0.3, 0.4) is 0 Å². The molecule has 21 heavy (non-hydrogen) atoms. The van der Waals surface area contributed by atoms with E-state index in [1.54, 1.807) is 32.4 Å². The molecule has 2 unspecified atom stereocenters. The van der Waals surface area contributed by atoms with E-state index in [2.05, 4.69) is 17.6 Å². The molecule has 6 heteroatoms. The number of piperidine rings is 1. The maximum Gasteiger partial charge on any atom is 0.255 e. The molecule has 2 rings (SSSR count). The number of amides is 1. The van der Waals surface area contributed by atoms with Gasteiger partial charge in [0.25, 0.3) is 5.91 Å². The van der Waals surface area contributed by atoms with E-state index in [1.807, 2.05) is 0 Å². The van der Waals surface area contributed by atoms with Gasteiger partial charge in [0.2, 0.25) is 0 Å². The molecule has 1 fully saturated rings. The van der Waals surface area contributed by atoms with Gasteiger partial charge in [0.1, 0.15) is 11.5 Å². The second kappa shape index (κ2) is 8.10. The van der Waals surface area contributed by atoms with Gasteiger partial charge < -0.3 is 20.1 Å². The zero-order chi connectivity index (χ0) is 14.5. The zero-order valence-electron chi connectivity index (χ0n) is 12.6. The number of benzene rings is 1. The average Bonchev–Trinajstić information content (AvgIpc) is 2.48. The molecule has 1 aromatic carbocycles. The van der Waals surface area contributed by atoms with Crippen molar-refractivity contribution in [2.45, 2.75) is 19.4 Å². The van der Waals surface area contributed by atoms with Crippen molar-refractivity contribution in [1.29, 1.82) is 0 Å². The van der Waals surface area contributed by atoms with E-state index >= 15 is 0 Å². The highest BCUT2D eigenvalue weighted by Crippen LogP contribution is 2.25. The first-order valence-corrected chi connectivity index (χ1v) is 6.89. The molecule has 2 N–H and O–H groups in total. The lowest BCUT2D eigenvalue weighted by Gasteiger charge is -2.30. The minimum atomic E-state index is -0.0942. The van der Waals surface area contributed by atoms with E-state index < -0.39 is 0 Å². The Labute approximate surface area is 131 Å². The highest BCUT2D eigenvalue weighted by atomic mass is 35.5. The van der Waals surface area contributed by atoms with Crippen LogP contribution >= 0.6 is 12.4 Å². The normalized spacial score (nSPS) is 21.1.